The highest BCUT2D eigenvalue weighted by Gasteiger charge is 2.23. The lowest BCUT2D eigenvalue weighted by Gasteiger charge is -2.18. The van der Waals surface area contributed by atoms with E-state index >= 15 is 0 Å². The van der Waals surface area contributed by atoms with Gasteiger partial charge in [0.1, 0.15) is 6.10 Å². The SMILES string of the molecule is O=C(O[C@@H]1CCCCCc2ccc(cc2)CCCC1)c1cc([N+](=O)[O-])cc([N+](=O)[O-])c1. The third kappa shape index (κ3) is 6.60. The van der Waals surface area contributed by atoms with Gasteiger partial charge in [0.2, 0.25) is 0 Å². The molecular formula is C23H26N2O6. The van der Waals surface area contributed by atoms with Crippen molar-refractivity contribution in [1.29, 1.82) is 0 Å². The van der Waals surface area contributed by atoms with Crippen LogP contribution in [0.25, 0.3) is 0 Å². The van der Waals surface area contributed by atoms with Gasteiger partial charge in [-0.05, 0) is 62.5 Å². The second kappa shape index (κ2) is 10.7. The topological polar surface area (TPSA) is 113 Å². The van der Waals surface area contributed by atoms with Crippen molar-refractivity contribution in [2.75, 3.05) is 0 Å². The van der Waals surface area contributed by atoms with Gasteiger partial charge >= 0.3 is 5.97 Å². The molecule has 0 unspecified atom stereocenters. The monoisotopic (exact) mass is 426 g/mol. The summed E-state index contributed by atoms with van der Waals surface area (Å²) in [7, 11) is 0. The largest absolute Gasteiger partial charge is 0.459 e. The number of benzene rings is 2. The van der Waals surface area contributed by atoms with E-state index in [2.05, 4.69) is 24.3 Å². The number of carbonyl (C=O) groups is 1. The van der Waals surface area contributed by atoms with Crippen LogP contribution in [0.4, 0.5) is 11.4 Å². The lowest BCUT2D eigenvalue weighted by molar-refractivity contribution is -0.394. The third-order valence-corrected chi connectivity index (χ3v) is 5.59. The number of nitrogens with zero attached hydrogens (tertiary/aromatic N) is 2. The van der Waals surface area contributed by atoms with Gasteiger partial charge < -0.3 is 4.74 Å². The minimum atomic E-state index is -0.757. The summed E-state index contributed by atoms with van der Waals surface area (Å²) in [4.78, 5) is 33.3. The number of hydrogen-bond donors (Lipinski definition) is 0. The Bertz CT molecular complexity index is 909. The van der Waals surface area contributed by atoms with E-state index < -0.39 is 27.2 Å². The Kier molecular flexibility index (Phi) is 7.70. The predicted octanol–water partition coefficient (Wildman–Crippen LogP) is 5.56. The van der Waals surface area contributed by atoms with Crippen LogP contribution in [0.2, 0.25) is 0 Å². The minimum absolute atomic E-state index is 0.167. The van der Waals surface area contributed by atoms with Crippen LogP contribution in [0.1, 0.15) is 66.4 Å². The molecular weight excluding hydrogens is 400 g/mol. The zero-order valence-electron chi connectivity index (χ0n) is 17.3. The van der Waals surface area contributed by atoms with Crippen LogP contribution in [0.15, 0.2) is 42.5 Å². The van der Waals surface area contributed by atoms with Gasteiger partial charge in [-0.15, -0.1) is 0 Å². The molecule has 1 atom stereocenters. The molecule has 0 saturated heterocycles. The van der Waals surface area contributed by atoms with Gasteiger partial charge in [-0.3, -0.25) is 20.2 Å². The number of hydrogen-bond acceptors (Lipinski definition) is 6. The standard InChI is InChI=1S/C23H26N2O6/c26-23(19-14-20(24(27)28)16-21(15-19)25(29)30)31-22-8-3-1-2-6-17-10-12-18(13-11-17)7-4-5-9-22/h10-16,22H,1-9H2/t22-/m1/s1. The molecule has 2 aliphatic carbocycles. The maximum absolute atomic E-state index is 12.6. The van der Waals surface area contributed by atoms with Gasteiger partial charge in [-0.1, -0.05) is 30.7 Å². The van der Waals surface area contributed by atoms with Gasteiger partial charge in [0.25, 0.3) is 11.4 Å². The molecule has 4 rings (SSSR count). The van der Waals surface area contributed by atoms with E-state index in [4.69, 9.17) is 4.74 Å². The first-order chi connectivity index (χ1) is 14.9. The van der Waals surface area contributed by atoms with Crippen molar-refractivity contribution >= 4 is 17.3 Å². The number of aryl methyl sites for hydroxylation is 2. The molecule has 2 bridgehead atoms. The number of nitro benzene ring substituents is 2. The summed E-state index contributed by atoms with van der Waals surface area (Å²) < 4.78 is 5.64. The van der Waals surface area contributed by atoms with Crippen LogP contribution in [-0.2, 0) is 17.6 Å². The summed E-state index contributed by atoms with van der Waals surface area (Å²) in [5.74, 6) is -0.757. The Hall–Kier alpha value is -3.29. The fourth-order valence-corrected chi connectivity index (χ4v) is 3.86. The first-order valence-corrected chi connectivity index (χ1v) is 10.6. The summed E-state index contributed by atoms with van der Waals surface area (Å²) in [5, 5.41) is 22.2. The van der Waals surface area contributed by atoms with Crippen LogP contribution in [0.5, 0.6) is 0 Å². The van der Waals surface area contributed by atoms with Crippen molar-refractivity contribution in [2.45, 2.75) is 63.9 Å². The average Bonchev–Trinajstić information content (AvgIpc) is 2.76. The Balaban J connectivity index is 1.68. The molecule has 0 spiro atoms. The lowest BCUT2D eigenvalue weighted by atomic mass is 9.98. The number of esters is 1. The maximum atomic E-state index is 12.6. The van der Waals surface area contributed by atoms with E-state index in [1.165, 1.54) is 11.1 Å². The fourth-order valence-electron chi connectivity index (χ4n) is 3.86. The first-order valence-electron chi connectivity index (χ1n) is 10.6. The zero-order chi connectivity index (χ0) is 22.2. The van der Waals surface area contributed by atoms with Crippen molar-refractivity contribution < 1.29 is 19.4 Å². The van der Waals surface area contributed by atoms with Crippen LogP contribution in [0, 0.1) is 20.2 Å². The van der Waals surface area contributed by atoms with Crippen molar-refractivity contribution in [1.82, 2.24) is 0 Å². The number of carbonyl (C=O) groups excluding carboxylic acids is 1. The van der Waals surface area contributed by atoms with E-state index in [9.17, 15) is 25.0 Å². The van der Waals surface area contributed by atoms with Crippen molar-refractivity contribution in [3.05, 3.63) is 79.4 Å². The average molecular weight is 426 g/mol. The number of ether oxygens (including phenoxy) is 1. The number of rotatable bonds is 4. The molecule has 2 aromatic carbocycles. The maximum Gasteiger partial charge on any atom is 0.338 e. The zero-order valence-corrected chi connectivity index (χ0v) is 17.3. The minimum Gasteiger partial charge on any atom is -0.459 e. The number of fused-ring (bicyclic) bond motifs is 11. The molecule has 0 heterocycles. The summed E-state index contributed by atoms with van der Waals surface area (Å²) in [6.07, 6.45) is 7.89. The lowest BCUT2D eigenvalue weighted by Crippen LogP contribution is -2.19. The van der Waals surface area contributed by atoms with Gasteiger partial charge in [-0.25, -0.2) is 4.79 Å². The molecule has 0 fully saturated rings. The van der Waals surface area contributed by atoms with Gasteiger partial charge in [-0.2, -0.15) is 0 Å². The van der Waals surface area contributed by atoms with Crippen LogP contribution >= 0.6 is 0 Å². The molecule has 2 aromatic rings. The highest BCUT2D eigenvalue weighted by Crippen LogP contribution is 2.25. The molecule has 8 heteroatoms. The van der Waals surface area contributed by atoms with E-state index in [-0.39, 0.29) is 11.7 Å². The van der Waals surface area contributed by atoms with Crippen molar-refractivity contribution in [3.63, 3.8) is 0 Å². The Morgan fingerprint density at radius 1 is 0.774 bits per heavy atom. The Labute approximate surface area is 180 Å². The highest BCUT2D eigenvalue weighted by molar-refractivity contribution is 5.91. The van der Waals surface area contributed by atoms with Gasteiger partial charge in [0.15, 0.2) is 0 Å². The quantitative estimate of drug-likeness (QED) is 0.359. The molecule has 0 saturated carbocycles. The molecule has 0 radical (unpaired) electrons. The van der Waals surface area contributed by atoms with E-state index in [1.807, 2.05) is 0 Å². The third-order valence-electron chi connectivity index (χ3n) is 5.59. The number of non-ortho nitro benzene ring substituents is 2. The Morgan fingerprint density at radius 3 is 1.77 bits per heavy atom. The first kappa shape index (κ1) is 22.4. The molecule has 0 aromatic heterocycles. The van der Waals surface area contributed by atoms with Gasteiger partial charge in [0.05, 0.1) is 21.5 Å². The summed E-state index contributed by atoms with van der Waals surface area (Å²) >= 11 is 0. The van der Waals surface area contributed by atoms with E-state index in [0.29, 0.717) is 12.8 Å². The molecule has 0 amide bonds. The summed E-state index contributed by atoms with van der Waals surface area (Å²) in [6, 6.07) is 11.6. The van der Waals surface area contributed by atoms with Crippen LogP contribution < -0.4 is 0 Å². The normalized spacial score (nSPS) is 17.5. The molecule has 31 heavy (non-hydrogen) atoms. The second-order valence-corrected chi connectivity index (χ2v) is 7.94. The van der Waals surface area contributed by atoms with E-state index in [0.717, 1.165) is 63.1 Å². The molecule has 8 nitrogen and oxygen atoms in total. The predicted molar refractivity (Wildman–Crippen MR) is 115 cm³/mol. The molecule has 0 aliphatic heterocycles. The van der Waals surface area contributed by atoms with Crippen molar-refractivity contribution in [2.24, 2.45) is 0 Å². The van der Waals surface area contributed by atoms with Crippen LogP contribution in [0.3, 0.4) is 0 Å². The second-order valence-electron chi connectivity index (χ2n) is 7.94. The molecule has 164 valence electrons. The molecule has 2 aliphatic rings. The van der Waals surface area contributed by atoms with Gasteiger partial charge in [0, 0.05) is 12.1 Å². The summed E-state index contributed by atoms with van der Waals surface area (Å²) in [6.45, 7) is 0. The van der Waals surface area contributed by atoms with E-state index in [1.54, 1.807) is 0 Å². The highest BCUT2D eigenvalue weighted by atomic mass is 16.6. The molecule has 0 N–H and O–H groups in total. The fraction of sp³-hybridized carbons (Fsp3) is 0.435. The summed E-state index contributed by atoms with van der Waals surface area (Å²) in [5.41, 5.74) is 1.45. The van der Waals surface area contributed by atoms with Crippen LogP contribution in [-0.4, -0.2) is 21.9 Å². The van der Waals surface area contributed by atoms with Crippen molar-refractivity contribution in [3.8, 4) is 0 Å². The smallest absolute Gasteiger partial charge is 0.338 e. The number of nitro groups is 2. The Morgan fingerprint density at radius 2 is 1.26 bits per heavy atom.